The van der Waals surface area contributed by atoms with E-state index in [9.17, 15) is 9.59 Å². The molecule has 144 valence electrons. The van der Waals surface area contributed by atoms with Crippen LogP contribution in [0, 0.1) is 12.8 Å². The van der Waals surface area contributed by atoms with E-state index in [0.29, 0.717) is 18.0 Å². The number of aromatic nitrogens is 1. The highest BCUT2D eigenvalue weighted by Crippen LogP contribution is 2.23. The van der Waals surface area contributed by atoms with Crippen LogP contribution < -0.4 is 15.8 Å². The summed E-state index contributed by atoms with van der Waals surface area (Å²) in [6.45, 7) is 4.45. The molecule has 3 aromatic rings. The summed E-state index contributed by atoms with van der Waals surface area (Å²) in [5.41, 5.74) is 2.16. The zero-order chi connectivity index (χ0) is 19.5. The molecule has 0 saturated carbocycles. The van der Waals surface area contributed by atoms with Gasteiger partial charge in [0.1, 0.15) is 11.1 Å². The maximum Gasteiger partial charge on any atom is 0.349 e. The van der Waals surface area contributed by atoms with E-state index in [0.717, 1.165) is 37.0 Å². The predicted molar refractivity (Wildman–Crippen MR) is 109 cm³/mol. The summed E-state index contributed by atoms with van der Waals surface area (Å²) < 4.78 is 5.25. The van der Waals surface area contributed by atoms with Crippen LogP contribution in [0.1, 0.15) is 28.9 Å². The van der Waals surface area contributed by atoms with Crippen molar-refractivity contribution in [2.45, 2.75) is 19.8 Å². The van der Waals surface area contributed by atoms with Crippen LogP contribution in [0.2, 0.25) is 0 Å². The zero-order valence-electron chi connectivity index (χ0n) is 15.9. The highest BCUT2D eigenvalue weighted by atomic mass is 16.4. The van der Waals surface area contributed by atoms with Gasteiger partial charge in [-0.2, -0.15) is 0 Å². The van der Waals surface area contributed by atoms with Crippen molar-refractivity contribution in [1.29, 1.82) is 0 Å². The minimum absolute atomic E-state index is 0.0587. The molecule has 1 aliphatic heterocycles. The summed E-state index contributed by atoms with van der Waals surface area (Å²) in [5.74, 6) is 0.0299. The maximum absolute atomic E-state index is 12.5. The topological polar surface area (TPSA) is 75.4 Å². The lowest BCUT2D eigenvalue weighted by Gasteiger charge is -2.33. The molecule has 4 rings (SSSR count). The molecule has 6 heteroatoms. The standard InChI is InChI=1S/C22H23N3O3/c1-15-12-18(6-9-23-15)25-10-7-16(8-11-25)14-24-21(26)19-13-17-4-2-3-5-20(17)28-22(19)27/h2-6,9,12-13,16H,7-8,10-11,14H2,1H3,(H,24,26). The Morgan fingerprint density at radius 2 is 2.00 bits per heavy atom. The third-order valence-corrected chi connectivity index (χ3v) is 5.30. The lowest BCUT2D eigenvalue weighted by molar-refractivity contribution is 0.0941. The minimum Gasteiger partial charge on any atom is -0.422 e. The average molecular weight is 377 g/mol. The number of fused-ring (bicyclic) bond motifs is 1. The molecule has 0 atom stereocenters. The third-order valence-electron chi connectivity index (χ3n) is 5.30. The summed E-state index contributed by atoms with van der Waals surface area (Å²) in [7, 11) is 0. The molecule has 1 fully saturated rings. The number of hydrogen-bond acceptors (Lipinski definition) is 5. The molecule has 0 spiro atoms. The first kappa shape index (κ1) is 18.2. The highest BCUT2D eigenvalue weighted by molar-refractivity contribution is 5.96. The van der Waals surface area contributed by atoms with Gasteiger partial charge in [-0.25, -0.2) is 4.79 Å². The van der Waals surface area contributed by atoms with Crippen LogP contribution in [0.4, 0.5) is 5.69 Å². The highest BCUT2D eigenvalue weighted by Gasteiger charge is 2.21. The molecule has 0 radical (unpaired) electrons. The summed E-state index contributed by atoms with van der Waals surface area (Å²) in [5, 5.41) is 3.65. The van der Waals surface area contributed by atoms with Crippen LogP contribution >= 0.6 is 0 Å². The van der Waals surface area contributed by atoms with Crippen molar-refractivity contribution in [3.63, 3.8) is 0 Å². The third kappa shape index (κ3) is 3.91. The van der Waals surface area contributed by atoms with Gasteiger partial charge in [0.05, 0.1) is 0 Å². The minimum atomic E-state index is -0.598. The van der Waals surface area contributed by atoms with Gasteiger partial charge in [-0.15, -0.1) is 0 Å². The van der Waals surface area contributed by atoms with E-state index in [1.807, 2.05) is 31.3 Å². The quantitative estimate of drug-likeness (QED) is 0.707. The summed E-state index contributed by atoms with van der Waals surface area (Å²) in [4.78, 5) is 31.2. The molecule has 28 heavy (non-hydrogen) atoms. The summed E-state index contributed by atoms with van der Waals surface area (Å²) in [6, 6.07) is 12.9. The van der Waals surface area contributed by atoms with Crippen LogP contribution in [0.3, 0.4) is 0 Å². The SMILES string of the molecule is Cc1cc(N2CCC(CNC(=O)c3cc4ccccc4oc3=O)CC2)ccn1. The molecule has 0 aliphatic carbocycles. The number of anilines is 1. The largest absolute Gasteiger partial charge is 0.422 e. The van der Waals surface area contributed by atoms with Gasteiger partial charge in [0.15, 0.2) is 0 Å². The van der Waals surface area contributed by atoms with Gasteiger partial charge in [0.2, 0.25) is 0 Å². The Morgan fingerprint density at radius 3 is 2.79 bits per heavy atom. The molecule has 0 unspecified atom stereocenters. The molecule has 1 amide bonds. The van der Waals surface area contributed by atoms with E-state index in [1.165, 1.54) is 5.69 Å². The molecular formula is C22H23N3O3. The number of carbonyl (C=O) groups excluding carboxylic acids is 1. The van der Waals surface area contributed by atoms with Gasteiger partial charge in [0.25, 0.3) is 5.91 Å². The Morgan fingerprint density at radius 1 is 1.21 bits per heavy atom. The van der Waals surface area contributed by atoms with E-state index in [-0.39, 0.29) is 11.5 Å². The predicted octanol–water partition coefficient (Wildman–Crippen LogP) is 3.14. The van der Waals surface area contributed by atoms with Crippen molar-refractivity contribution < 1.29 is 9.21 Å². The van der Waals surface area contributed by atoms with E-state index in [4.69, 9.17) is 4.42 Å². The van der Waals surface area contributed by atoms with E-state index >= 15 is 0 Å². The van der Waals surface area contributed by atoms with Crippen LogP contribution in [0.15, 0.2) is 57.9 Å². The number of para-hydroxylation sites is 1. The number of nitrogens with one attached hydrogen (secondary N) is 1. The Balaban J connectivity index is 1.35. The van der Waals surface area contributed by atoms with Crippen LogP contribution in [0.25, 0.3) is 11.0 Å². The molecule has 1 aliphatic rings. The smallest absolute Gasteiger partial charge is 0.349 e. The van der Waals surface area contributed by atoms with Crippen molar-refractivity contribution in [3.05, 3.63) is 70.3 Å². The van der Waals surface area contributed by atoms with Gasteiger partial charge in [-0.05, 0) is 49.9 Å². The molecule has 1 N–H and O–H groups in total. The fraction of sp³-hybridized carbons (Fsp3) is 0.318. The fourth-order valence-corrected chi connectivity index (χ4v) is 3.68. The molecular weight excluding hydrogens is 354 g/mol. The number of hydrogen-bond donors (Lipinski definition) is 1. The van der Waals surface area contributed by atoms with Gasteiger partial charge in [0, 0.05) is 42.6 Å². The second-order valence-electron chi connectivity index (χ2n) is 7.28. The first-order valence-corrected chi connectivity index (χ1v) is 9.59. The average Bonchev–Trinajstić information content (AvgIpc) is 2.72. The number of rotatable bonds is 4. The molecule has 1 saturated heterocycles. The number of amides is 1. The number of aryl methyl sites for hydroxylation is 1. The van der Waals surface area contributed by atoms with Gasteiger partial charge in [-0.1, -0.05) is 18.2 Å². The molecule has 1 aromatic carbocycles. The van der Waals surface area contributed by atoms with Gasteiger partial charge < -0.3 is 14.6 Å². The normalized spacial score (nSPS) is 15.0. The van der Waals surface area contributed by atoms with Crippen molar-refractivity contribution in [1.82, 2.24) is 10.3 Å². The number of pyridine rings is 1. The number of piperidine rings is 1. The first-order valence-electron chi connectivity index (χ1n) is 9.59. The number of benzene rings is 1. The second kappa shape index (κ2) is 7.84. The van der Waals surface area contributed by atoms with Crippen LogP contribution in [-0.4, -0.2) is 30.5 Å². The maximum atomic E-state index is 12.5. The molecule has 6 nitrogen and oxygen atoms in total. The Labute approximate surface area is 163 Å². The number of carbonyl (C=O) groups is 1. The summed E-state index contributed by atoms with van der Waals surface area (Å²) in [6.07, 6.45) is 3.83. The number of nitrogens with zero attached hydrogens (tertiary/aromatic N) is 2. The monoisotopic (exact) mass is 377 g/mol. The van der Waals surface area contributed by atoms with Crippen LogP contribution in [0.5, 0.6) is 0 Å². The zero-order valence-corrected chi connectivity index (χ0v) is 15.9. The fourth-order valence-electron chi connectivity index (χ4n) is 3.68. The van der Waals surface area contributed by atoms with Crippen LogP contribution in [-0.2, 0) is 0 Å². The van der Waals surface area contributed by atoms with E-state index in [1.54, 1.807) is 18.2 Å². The summed E-state index contributed by atoms with van der Waals surface area (Å²) >= 11 is 0. The lowest BCUT2D eigenvalue weighted by Crippen LogP contribution is -2.39. The van der Waals surface area contributed by atoms with E-state index < -0.39 is 5.63 Å². The molecule has 3 heterocycles. The second-order valence-corrected chi connectivity index (χ2v) is 7.28. The van der Waals surface area contributed by atoms with Crippen molar-refractivity contribution in [3.8, 4) is 0 Å². The Bertz CT molecular complexity index is 1050. The Hall–Kier alpha value is -3.15. The van der Waals surface area contributed by atoms with Gasteiger partial charge >= 0.3 is 5.63 Å². The van der Waals surface area contributed by atoms with Crippen molar-refractivity contribution >= 4 is 22.6 Å². The van der Waals surface area contributed by atoms with Crippen molar-refractivity contribution in [2.75, 3.05) is 24.5 Å². The van der Waals surface area contributed by atoms with E-state index in [2.05, 4.69) is 21.3 Å². The molecule has 0 bridgehead atoms. The van der Waals surface area contributed by atoms with Crippen molar-refractivity contribution in [2.24, 2.45) is 5.92 Å². The lowest BCUT2D eigenvalue weighted by atomic mass is 9.96. The molecule has 2 aromatic heterocycles. The Kier molecular flexibility index (Phi) is 5.10. The first-order chi connectivity index (χ1) is 13.6. The van der Waals surface area contributed by atoms with Gasteiger partial charge in [-0.3, -0.25) is 9.78 Å².